The highest BCUT2D eigenvalue weighted by molar-refractivity contribution is 7.89. The minimum Gasteiger partial charge on any atom is -0.496 e. The number of nitrogens with zero attached hydrogens (tertiary/aromatic N) is 1. The maximum Gasteiger partial charge on any atom is 0.407 e. The lowest BCUT2D eigenvalue weighted by molar-refractivity contribution is 0.122. The highest BCUT2D eigenvalue weighted by Crippen LogP contribution is 2.28. The van der Waals surface area contributed by atoms with Gasteiger partial charge in [0, 0.05) is 37.5 Å². The number of rotatable bonds is 8. The number of hydrogen-bond acceptors (Lipinski definition) is 5. The van der Waals surface area contributed by atoms with Crippen LogP contribution < -0.4 is 10.1 Å². The van der Waals surface area contributed by atoms with Crippen LogP contribution in [0.25, 0.3) is 11.1 Å². The van der Waals surface area contributed by atoms with Gasteiger partial charge in [-0.1, -0.05) is 30.3 Å². The van der Waals surface area contributed by atoms with Crippen LogP contribution in [0.3, 0.4) is 0 Å². The molecule has 0 radical (unpaired) electrons. The first-order valence-electron chi connectivity index (χ1n) is 10.8. The van der Waals surface area contributed by atoms with Crippen LogP contribution >= 0.6 is 0 Å². The Kier molecular flexibility index (Phi) is 7.79. The zero-order valence-corrected chi connectivity index (χ0v) is 19.7. The van der Waals surface area contributed by atoms with E-state index < -0.39 is 15.9 Å². The molecule has 0 aromatic heterocycles. The number of amides is 1. The molecule has 1 aliphatic rings. The number of ether oxygens (including phenoxy) is 1. The molecular weight excluding hydrogens is 428 g/mol. The van der Waals surface area contributed by atoms with Crippen molar-refractivity contribution in [3.63, 3.8) is 0 Å². The van der Waals surface area contributed by atoms with Gasteiger partial charge >= 0.3 is 6.09 Å². The number of nitrogens with one attached hydrogen (secondary N) is 1. The monoisotopic (exact) mass is 460 g/mol. The molecular formula is C24H32N2O5S. The molecule has 32 heavy (non-hydrogen) atoms. The van der Waals surface area contributed by atoms with Crippen LogP contribution in [0.2, 0.25) is 0 Å². The minimum atomic E-state index is -3.06. The van der Waals surface area contributed by atoms with Gasteiger partial charge in [-0.15, -0.1) is 0 Å². The van der Waals surface area contributed by atoms with Crippen molar-refractivity contribution in [2.75, 3.05) is 20.4 Å². The number of carboxylic acid groups (broad SMARTS) is 1. The first kappa shape index (κ1) is 24.1. The fourth-order valence-corrected chi connectivity index (χ4v) is 5.07. The van der Waals surface area contributed by atoms with Crippen LogP contribution in [0.1, 0.15) is 36.8 Å². The van der Waals surface area contributed by atoms with Gasteiger partial charge in [-0.3, -0.25) is 0 Å². The van der Waals surface area contributed by atoms with E-state index in [9.17, 15) is 13.2 Å². The van der Waals surface area contributed by atoms with Crippen molar-refractivity contribution < 1.29 is 23.1 Å². The number of benzene rings is 2. The van der Waals surface area contributed by atoms with Gasteiger partial charge in [0.05, 0.1) is 12.9 Å². The summed E-state index contributed by atoms with van der Waals surface area (Å²) < 4.78 is 28.6. The molecule has 7 nitrogen and oxygen atoms in total. The van der Waals surface area contributed by atoms with E-state index in [4.69, 9.17) is 9.84 Å². The number of sulfone groups is 1. The lowest BCUT2D eigenvalue weighted by atomic mass is 9.90. The normalized spacial score (nSPS) is 18.8. The average Bonchev–Trinajstić information content (AvgIpc) is 2.76. The molecule has 2 aromatic rings. The predicted octanol–water partition coefficient (Wildman–Crippen LogP) is 3.92. The van der Waals surface area contributed by atoms with Gasteiger partial charge in [-0.05, 0) is 54.5 Å². The third-order valence-electron chi connectivity index (χ3n) is 6.12. The topological polar surface area (TPSA) is 95.9 Å². The predicted molar refractivity (Wildman–Crippen MR) is 126 cm³/mol. The molecule has 0 bridgehead atoms. The fraction of sp³-hybridized carbons (Fsp3) is 0.458. The molecule has 1 amide bonds. The number of hydrogen-bond donors (Lipinski definition) is 2. The van der Waals surface area contributed by atoms with E-state index in [1.807, 2.05) is 36.4 Å². The van der Waals surface area contributed by atoms with Crippen LogP contribution in [0.15, 0.2) is 42.5 Å². The molecule has 2 N–H and O–H groups in total. The molecule has 0 atom stereocenters. The largest absolute Gasteiger partial charge is 0.496 e. The van der Waals surface area contributed by atoms with Gasteiger partial charge < -0.3 is 20.1 Å². The molecule has 0 saturated heterocycles. The molecule has 1 saturated carbocycles. The standard InChI is InChI=1S/C24H32N2O5S/c1-26(24(27)28)22-11-9-21(10-12-22)25-15-20-14-19(8-13-23(20)31-2)18-6-4-17(5-7-18)16-32(3,29)30/h4-8,13-14,21-22,25H,9-12,15-16H2,1-3H3,(H,27,28). The Morgan fingerprint density at radius 1 is 1.09 bits per heavy atom. The van der Waals surface area contributed by atoms with Gasteiger partial charge in [0.1, 0.15) is 5.75 Å². The summed E-state index contributed by atoms with van der Waals surface area (Å²) >= 11 is 0. The summed E-state index contributed by atoms with van der Waals surface area (Å²) in [7, 11) is 0.244. The lowest BCUT2D eigenvalue weighted by Crippen LogP contribution is -2.42. The first-order chi connectivity index (χ1) is 15.2. The van der Waals surface area contributed by atoms with E-state index in [1.165, 1.54) is 11.2 Å². The third kappa shape index (κ3) is 6.46. The van der Waals surface area contributed by atoms with Gasteiger partial charge in [-0.2, -0.15) is 0 Å². The fourth-order valence-electron chi connectivity index (χ4n) is 4.27. The SMILES string of the molecule is COc1ccc(-c2ccc(CS(C)(=O)=O)cc2)cc1CNC1CCC(N(C)C(=O)O)CC1. The van der Waals surface area contributed by atoms with Crippen molar-refractivity contribution >= 4 is 15.9 Å². The molecule has 1 fully saturated rings. The number of methoxy groups -OCH3 is 1. The first-order valence-corrected chi connectivity index (χ1v) is 12.9. The smallest absolute Gasteiger partial charge is 0.407 e. The molecule has 8 heteroatoms. The van der Waals surface area contributed by atoms with Crippen molar-refractivity contribution in [1.29, 1.82) is 0 Å². The van der Waals surface area contributed by atoms with E-state index in [0.717, 1.165) is 53.7 Å². The highest BCUT2D eigenvalue weighted by atomic mass is 32.2. The molecule has 3 rings (SSSR count). The Morgan fingerprint density at radius 3 is 2.28 bits per heavy atom. The summed E-state index contributed by atoms with van der Waals surface area (Å²) in [5.41, 5.74) is 3.88. The Bertz CT molecular complexity index is 1030. The van der Waals surface area contributed by atoms with Gasteiger partial charge in [0.25, 0.3) is 0 Å². The molecule has 0 unspecified atom stereocenters. The quantitative estimate of drug-likeness (QED) is 0.620. The second kappa shape index (κ2) is 10.4. The maximum atomic E-state index is 11.5. The van der Waals surface area contributed by atoms with Gasteiger partial charge in [-0.25, -0.2) is 13.2 Å². The summed E-state index contributed by atoms with van der Waals surface area (Å²) in [4.78, 5) is 12.6. The Labute approximate surface area is 190 Å². The van der Waals surface area contributed by atoms with E-state index in [-0.39, 0.29) is 11.8 Å². The molecule has 2 aromatic carbocycles. The van der Waals surface area contributed by atoms with Gasteiger partial charge in [0.15, 0.2) is 9.84 Å². The van der Waals surface area contributed by atoms with Crippen molar-refractivity contribution in [3.05, 3.63) is 53.6 Å². The van der Waals surface area contributed by atoms with E-state index in [1.54, 1.807) is 14.2 Å². The molecule has 0 spiro atoms. The van der Waals surface area contributed by atoms with E-state index in [2.05, 4.69) is 11.4 Å². The molecule has 174 valence electrons. The summed E-state index contributed by atoms with van der Waals surface area (Å²) in [6.07, 6.45) is 3.96. The molecule has 0 aliphatic heterocycles. The summed E-state index contributed by atoms with van der Waals surface area (Å²) in [6, 6.07) is 14.1. The zero-order chi connectivity index (χ0) is 23.3. The lowest BCUT2D eigenvalue weighted by Gasteiger charge is -2.33. The second-order valence-electron chi connectivity index (χ2n) is 8.57. The number of carbonyl (C=O) groups is 1. The van der Waals surface area contributed by atoms with Crippen molar-refractivity contribution in [2.45, 2.75) is 50.1 Å². The minimum absolute atomic E-state index is 0.0373. The zero-order valence-electron chi connectivity index (χ0n) is 18.9. The van der Waals surface area contributed by atoms with Gasteiger partial charge in [0.2, 0.25) is 0 Å². The van der Waals surface area contributed by atoms with Crippen LogP contribution in [0, 0.1) is 0 Å². The highest BCUT2D eigenvalue weighted by Gasteiger charge is 2.26. The summed E-state index contributed by atoms with van der Waals surface area (Å²) in [6.45, 7) is 0.660. The maximum absolute atomic E-state index is 11.5. The van der Waals surface area contributed by atoms with Crippen molar-refractivity contribution in [3.8, 4) is 16.9 Å². The van der Waals surface area contributed by atoms with E-state index >= 15 is 0 Å². The Morgan fingerprint density at radius 2 is 1.72 bits per heavy atom. The Balaban J connectivity index is 1.65. The summed E-state index contributed by atoms with van der Waals surface area (Å²) in [5, 5.41) is 12.8. The van der Waals surface area contributed by atoms with Crippen LogP contribution in [-0.4, -0.2) is 57.0 Å². The van der Waals surface area contributed by atoms with Crippen LogP contribution in [-0.2, 0) is 22.1 Å². The van der Waals surface area contributed by atoms with Crippen molar-refractivity contribution in [2.24, 2.45) is 0 Å². The average molecular weight is 461 g/mol. The second-order valence-corrected chi connectivity index (χ2v) is 10.7. The summed E-state index contributed by atoms with van der Waals surface area (Å²) in [5.74, 6) is 0.851. The van der Waals surface area contributed by atoms with Crippen LogP contribution in [0.4, 0.5) is 4.79 Å². The molecule has 1 aliphatic carbocycles. The van der Waals surface area contributed by atoms with Crippen molar-refractivity contribution in [1.82, 2.24) is 10.2 Å². The van der Waals surface area contributed by atoms with Crippen LogP contribution in [0.5, 0.6) is 5.75 Å². The Hall–Kier alpha value is -2.58. The third-order valence-corrected chi connectivity index (χ3v) is 6.98. The molecule has 0 heterocycles. The van der Waals surface area contributed by atoms with E-state index in [0.29, 0.717) is 12.6 Å².